The third kappa shape index (κ3) is 4.38. The van der Waals surface area contributed by atoms with Crippen molar-refractivity contribution in [2.24, 2.45) is 0 Å². The Hall–Kier alpha value is -2.46. The summed E-state index contributed by atoms with van der Waals surface area (Å²) in [6, 6.07) is 6.85. The number of aromatic nitrogens is 2. The molecule has 8 nitrogen and oxygen atoms in total. The summed E-state index contributed by atoms with van der Waals surface area (Å²) in [4.78, 5) is 36.9. The van der Waals surface area contributed by atoms with Gasteiger partial charge in [-0.05, 0) is 44.3 Å². The van der Waals surface area contributed by atoms with Crippen LogP contribution in [0.1, 0.15) is 37.3 Å². The average Bonchev–Trinajstić information content (AvgIpc) is 3.38. The van der Waals surface area contributed by atoms with E-state index in [1.165, 1.54) is 11.3 Å². The number of fused-ring (bicyclic) bond motifs is 2. The molecule has 4 heterocycles. The summed E-state index contributed by atoms with van der Waals surface area (Å²) in [6.45, 7) is 3.16. The monoisotopic (exact) mass is 472 g/mol. The fourth-order valence-corrected chi connectivity index (χ4v) is 5.58. The second-order valence-corrected chi connectivity index (χ2v) is 9.96. The van der Waals surface area contributed by atoms with Crippen LogP contribution in [0.2, 0.25) is 5.02 Å². The van der Waals surface area contributed by atoms with Gasteiger partial charge in [0.15, 0.2) is 5.01 Å². The van der Waals surface area contributed by atoms with Crippen LogP contribution in [0.15, 0.2) is 24.3 Å². The van der Waals surface area contributed by atoms with Crippen LogP contribution < -0.4 is 16.0 Å². The molecule has 4 N–H and O–H groups in total. The number of nitrogens with zero attached hydrogens (tertiary/aromatic N) is 2. The van der Waals surface area contributed by atoms with Gasteiger partial charge >= 0.3 is 0 Å². The number of carbonyl (C=O) groups is 2. The molecule has 3 aromatic rings. The number of benzene rings is 1. The molecular weight excluding hydrogens is 448 g/mol. The van der Waals surface area contributed by atoms with E-state index in [-0.39, 0.29) is 23.9 Å². The summed E-state index contributed by atoms with van der Waals surface area (Å²) in [7, 11) is 2.08. The Bertz CT molecular complexity index is 1170. The molecule has 10 heteroatoms. The zero-order chi connectivity index (χ0) is 22.2. The topological polar surface area (TPSA) is 102 Å². The van der Waals surface area contributed by atoms with Gasteiger partial charge in [0.25, 0.3) is 11.8 Å². The van der Waals surface area contributed by atoms with Crippen molar-refractivity contribution in [3.63, 3.8) is 0 Å². The summed E-state index contributed by atoms with van der Waals surface area (Å²) in [5.41, 5.74) is 2.35. The molecule has 0 spiro atoms. The van der Waals surface area contributed by atoms with Crippen molar-refractivity contribution >= 4 is 45.7 Å². The number of aromatic amines is 1. The standard InChI is InChI=1S/C22H25ClN6O2S/c1-29-7-5-16-19(11-29)32-22(28-16)21(31)26-15-4-6-24-10-18(15)27-20(30)17-9-12-8-13(23)2-3-14(12)25-17/h2-3,8-9,15,18,24-25H,4-7,10-11H2,1H3,(H,26,31)(H,27,30)/t15-,18+/m1/s1. The van der Waals surface area contributed by atoms with Gasteiger partial charge in [-0.3, -0.25) is 9.59 Å². The molecule has 1 fully saturated rings. The number of likely N-dealkylation sites (N-methyl/N-ethyl adjacent to an activating group) is 1. The highest BCUT2D eigenvalue weighted by Crippen LogP contribution is 2.25. The molecule has 1 saturated heterocycles. The van der Waals surface area contributed by atoms with Crippen LogP contribution in [0, 0.1) is 0 Å². The van der Waals surface area contributed by atoms with Gasteiger partial charge in [0, 0.05) is 46.9 Å². The molecule has 32 heavy (non-hydrogen) atoms. The lowest BCUT2D eigenvalue weighted by Crippen LogP contribution is -2.59. The first-order valence-electron chi connectivity index (χ1n) is 10.7. The zero-order valence-electron chi connectivity index (χ0n) is 17.7. The highest BCUT2D eigenvalue weighted by atomic mass is 35.5. The maximum atomic E-state index is 12.9. The van der Waals surface area contributed by atoms with Gasteiger partial charge in [0.05, 0.1) is 17.8 Å². The largest absolute Gasteiger partial charge is 0.351 e. The lowest BCUT2D eigenvalue weighted by Gasteiger charge is -2.33. The third-order valence-electron chi connectivity index (χ3n) is 6.06. The molecule has 2 amide bonds. The van der Waals surface area contributed by atoms with Crippen molar-refractivity contribution < 1.29 is 9.59 Å². The predicted molar refractivity (Wildman–Crippen MR) is 125 cm³/mol. The average molecular weight is 473 g/mol. The van der Waals surface area contributed by atoms with E-state index < -0.39 is 0 Å². The second kappa shape index (κ2) is 8.82. The summed E-state index contributed by atoms with van der Waals surface area (Å²) < 4.78 is 0. The van der Waals surface area contributed by atoms with Gasteiger partial charge in [0.2, 0.25) is 0 Å². The van der Waals surface area contributed by atoms with E-state index in [4.69, 9.17) is 11.6 Å². The molecule has 0 saturated carbocycles. The third-order valence-corrected chi connectivity index (χ3v) is 7.38. The first-order valence-corrected chi connectivity index (χ1v) is 11.9. The molecule has 0 unspecified atom stereocenters. The van der Waals surface area contributed by atoms with Gasteiger partial charge in [-0.15, -0.1) is 11.3 Å². The Labute approximate surface area is 194 Å². The first-order chi connectivity index (χ1) is 15.5. The predicted octanol–water partition coefficient (Wildman–Crippen LogP) is 2.16. The van der Waals surface area contributed by atoms with Crippen molar-refractivity contribution in [2.45, 2.75) is 31.5 Å². The number of thiazole rings is 1. The van der Waals surface area contributed by atoms with E-state index in [0.717, 1.165) is 53.9 Å². The van der Waals surface area contributed by atoms with Crippen molar-refractivity contribution in [1.82, 2.24) is 30.8 Å². The molecule has 2 aromatic heterocycles. The minimum absolute atomic E-state index is 0.168. The van der Waals surface area contributed by atoms with E-state index in [2.05, 4.69) is 37.9 Å². The van der Waals surface area contributed by atoms with Crippen LogP contribution in [0.25, 0.3) is 10.9 Å². The van der Waals surface area contributed by atoms with Gasteiger partial charge in [0.1, 0.15) is 5.69 Å². The Morgan fingerprint density at radius 3 is 2.94 bits per heavy atom. The van der Waals surface area contributed by atoms with Crippen LogP contribution >= 0.6 is 22.9 Å². The fourth-order valence-electron chi connectivity index (χ4n) is 4.31. The van der Waals surface area contributed by atoms with E-state index in [0.29, 0.717) is 22.3 Å². The van der Waals surface area contributed by atoms with Crippen molar-refractivity contribution in [1.29, 1.82) is 0 Å². The summed E-state index contributed by atoms with van der Waals surface area (Å²) in [5, 5.41) is 11.5. The van der Waals surface area contributed by atoms with Crippen molar-refractivity contribution in [3.8, 4) is 0 Å². The summed E-state index contributed by atoms with van der Waals surface area (Å²) in [5.74, 6) is -0.378. The van der Waals surface area contributed by atoms with Crippen LogP contribution in [-0.4, -0.2) is 65.4 Å². The Kier molecular flexibility index (Phi) is 5.90. The molecule has 5 rings (SSSR count). The van der Waals surface area contributed by atoms with E-state index in [1.54, 1.807) is 12.1 Å². The molecular formula is C22H25ClN6O2S. The second-order valence-electron chi connectivity index (χ2n) is 8.44. The van der Waals surface area contributed by atoms with Crippen molar-refractivity contribution in [3.05, 3.63) is 50.6 Å². The van der Waals surface area contributed by atoms with Crippen LogP contribution in [0.5, 0.6) is 0 Å². The number of rotatable bonds is 4. The van der Waals surface area contributed by atoms with E-state index in [9.17, 15) is 9.59 Å². The highest BCUT2D eigenvalue weighted by Gasteiger charge is 2.30. The Balaban J connectivity index is 1.27. The molecule has 0 aliphatic carbocycles. The Morgan fingerprint density at radius 1 is 1.22 bits per heavy atom. The van der Waals surface area contributed by atoms with Gasteiger partial charge in [-0.25, -0.2) is 4.98 Å². The number of carbonyl (C=O) groups excluding carboxylic acids is 2. The first kappa shape index (κ1) is 21.4. The zero-order valence-corrected chi connectivity index (χ0v) is 19.3. The molecule has 2 aliphatic rings. The molecule has 0 radical (unpaired) electrons. The van der Waals surface area contributed by atoms with Crippen LogP contribution in [0.4, 0.5) is 0 Å². The van der Waals surface area contributed by atoms with Gasteiger partial charge < -0.3 is 25.8 Å². The minimum Gasteiger partial charge on any atom is -0.351 e. The summed E-state index contributed by atoms with van der Waals surface area (Å²) in [6.07, 6.45) is 1.60. The Morgan fingerprint density at radius 2 is 2.06 bits per heavy atom. The van der Waals surface area contributed by atoms with E-state index >= 15 is 0 Å². The molecule has 0 bridgehead atoms. The van der Waals surface area contributed by atoms with Crippen LogP contribution in [-0.2, 0) is 13.0 Å². The maximum Gasteiger partial charge on any atom is 0.280 e. The lowest BCUT2D eigenvalue weighted by molar-refractivity contribution is 0.0866. The summed E-state index contributed by atoms with van der Waals surface area (Å²) >= 11 is 7.52. The SMILES string of the molecule is CN1CCc2nc(C(=O)N[C@@H]3CCNC[C@@H]3NC(=O)c3cc4cc(Cl)ccc4[nH]3)sc2C1. The number of hydrogen-bond acceptors (Lipinski definition) is 6. The van der Waals surface area contributed by atoms with Gasteiger partial charge in [-0.2, -0.15) is 0 Å². The smallest absolute Gasteiger partial charge is 0.280 e. The number of nitrogens with one attached hydrogen (secondary N) is 4. The fraction of sp³-hybridized carbons (Fsp3) is 0.409. The molecule has 1 aromatic carbocycles. The van der Waals surface area contributed by atoms with Gasteiger partial charge in [-0.1, -0.05) is 11.6 Å². The maximum absolute atomic E-state index is 12.9. The number of piperidine rings is 1. The quantitative estimate of drug-likeness (QED) is 0.466. The van der Waals surface area contributed by atoms with E-state index in [1.807, 2.05) is 12.1 Å². The number of hydrogen-bond donors (Lipinski definition) is 4. The lowest BCUT2D eigenvalue weighted by atomic mass is 10.0. The molecule has 168 valence electrons. The van der Waals surface area contributed by atoms with Crippen LogP contribution in [0.3, 0.4) is 0 Å². The number of halogens is 1. The highest BCUT2D eigenvalue weighted by molar-refractivity contribution is 7.13. The molecule has 2 atom stereocenters. The van der Waals surface area contributed by atoms with Crippen molar-refractivity contribution in [2.75, 3.05) is 26.7 Å². The normalized spacial score (nSPS) is 21.3. The molecule has 2 aliphatic heterocycles. The number of H-pyrrole nitrogens is 1. The minimum atomic E-state index is -0.226. The number of amides is 2.